The number of rotatable bonds is 7. The molecule has 3 amide bonds. The highest BCUT2D eigenvalue weighted by Crippen LogP contribution is 2.23. The van der Waals surface area contributed by atoms with Gasteiger partial charge in [-0.25, -0.2) is 9.80 Å². The average molecular weight is 531 g/mol. The highest BCUT2D eigenvalue weighted by molar-refractivity contribution is 6.30. The second kappa shape index (κ2) is 12.6. The first-order valence-electron chi connectivity index (χ1n) is 10.8. The molecule has 2 aliphatic heterocycles. The second-order valence-electron chi connectivity index (χ2n) is 8.32. The number of hydrogen-bond acceptors (Lipinski definition) is 6. The van der Waals surface area contributed by atoms with Crippen LogP contribution < -0.4 is 0 Å². The first-order valence-corrected chi connectivity index (χ1v) is 11.2. The van der Waals surface area contributed by atoms with Gasteiger partial charge in [0.2, 0.25) is 0 Å². The molecule has 186 valence electrons. The molecule has 8 nitrogen and oxygen atoms in total. The van der Waals surface area contributed by atoms with Crippen LogP contribution in [0.2, 0.25) is 5.02 Å². The molecule has 2 aromatic rings. The van der Waals surface area contributed by atoms with E-state index in [4.69, 9.17) is 16.0 Å². The highest BCUT2D eigenvalue weighted by Gasteiger charge is 2.36. The molecular weight excluding hydrogens is 501 g/mol. The Morgan fingerprint density at radius 3 is 2.41 bits per heavy atom. The van der Waals surface area contributed by atoms with Crippen molar-refractivity contribution in [3.8, 4) is 11.3 Å². The molecule has 0 bridgehead atoms. The third kappa shape index (κ3) is 6.73. The first kappa shape index (κ1) is 28.1. The van der Waals surface area contributed by atoms with Crippen LogP contribution in [0, 0.1) is 0 Å². The van der Waals surface area contributed by atoms with Gasteiger partial charge in [-0.2, -0.15) is 5.10 Å². The lowest BCUT2D eigenvalue weighted by atomic mass is 10.1. The highest BCUT2D eigenvalue weighted by atomic mass is 35.5. The minimum atomic E-state index is -0.388. The Kier molecular flexibility index (Phi) is 10.4. The Morgan fingerprint density at radius 2 is 1.74 bits per heavy atom. The van der Waals surface area contributed by atoms with Crippen molar-refractivity contribution in [3.05, 3.63) is 47.2 Å². The lowest BCUT2D eigenvalue weighted by Gasteiger charge is -2.36. The number of imide groups is 1. The minimum Gasteiger partial charge on any atom is -0.455 e. The maximum Gasteiger partial charge on any atom is 0.347 e. The zero-order valence-corrected chi connectivity index (χ0v) is 21.6. The molecule has 1 aromatic carbocycles. The molecule has 2 saturated heterocycles. The summed E-state index contributed by atoms with van der Waals surface area (Å²) in [5.74, 6) is 0.947. The van der Waals surface area contributed by atoms with Crippen LogP contribution in [-0.2, 0) is 4.79 Å². The number of piperazine rings is 1. The summed E-state index contributed by atoms with van der Waals surface area (Å²) in [6.07, 6.45) is 2.21. The zero-order chi connectivity index (χ0) is 22.7. The molecule has 0 N–H and O–H groups in total. The van der Waals surface area contributed by atoms with E-state index >= 15 is 0 Å². The lowest BCUT2D eigenvalue weighted by Crippen LogP contribution is -2.49. The average Bonchev–Trinajstić information content (AvgIpc) is 3.36. The van der Waals surface area contributed by atoms with E-state index in [1.165, 1.54) is 16.1 Å². The SMILES string of the molecule is CC(CCN1C(=O)CN(N=Cc2ccc(-c3ccc(Cl)cc3)o2)C1=O)N1CCN(C)CC1.Cl.Cl. The number of urea groups is 1. The molecule has 4 rings (SSSR count). The van der Waals surface area contributed by atoms with Crippen molar-refractivity contribution in [1.82, 2.24) is 19.7 Å². The predicted molar refractivity (Wildman–Crippen MR) is 138 cm³/mol. The summed E-state index contributed by atoms with van der Waals surface area (Å²) in [5, 5.41) is 6.03. The molecule has 2 aliphatic rings. The fourth-order valence-corrected chi connectivity index (χ4v) is 4.04. The van der Waals surface area contributed by atoms with Crippen molar-refractivity contribution in [3.63, 3.8) is 0 Å². The summed E-state index contributed by atoms with van der Waals surface area (Å²) < 4.78 is 5.77. The van der Waals surface area contributed by atoms with Crippen molar-refractivity contribution in [2.75, 3.05) is 46.3 Å². The molecule has 3 heterocycles. The van der Waals surface area contributed by atoms with E-state index in [9.17, 15) is 9.59 Å². The van der Waals surface area contributed by atoms with Gasteiger partial charge in [0.25, 0.3) is 5.91 Å². The van der Waals surface area contributed by atoms with Gasteiger partial charge in [-0.05, 0) is 56.8 Å². The number of carbonyl (C=O) groups is 2. The van der Waals surface area contributed by atoms with Crippen LogP contribution in [0.4, 0.5) is 4.79 Å². The van der Waals surface area contributed by atoms with Crippen molar-refractivity contribution in [2.45, 2.75) is 19.4 Å². The molecule has 1 aromatic heterocycles. The monoisotopic (exact) mass is 529 g/mol. The van der Waals surface area contributed by atoms with Crippen LogP contribution >= 0.6 is 36.4 Å². The van der Waals surface area contributed by atoms with Crippen molar-refractivity contribution in [2.24, 2.45) is 5.10 Å². The summed E-state index contributed by atoms with van der Waals surface area (Å²) in [5.41, 5.74) is 0.891. The summed E-state index contributed by atoms with van der Waals surface area (Å²) in [7, 11) is 2.12. The maximum absolute atomic E-state index is 12.7. The van der Waals surface area contributed by atoms with Gasteiger partial charge in [0.05, 0.1) is 6.21 Å². The van der Waals surface area contributed by atoms with E-state index < -0.39 is 0 Å². The fraction of sp³-hybridized carbons (Fsp3) is 0.435. The van der Waals surface area contributed by atoms with Gasteiger partial charge in [-0.15, -0.1) is 24.8 Å². The molecule has 0 radical (unpaired) electrons. The summed E-state index contributed by atoms with van der Waals surface area (Å²) in [6.45, 7) is 6.61. The Bertz CT molecular complexity index is 990. The Hall–Kier alpha value is -2.10. The third-order valence-electron chi connectivity index (χ3n) is 6.05. The number of hydrogen-bond donors (Lipinski definition) is 0. The van der Waals surface area contributed by atoms with E-state index in [1.54, 1.807) is 18.2 Å². The van der Waals surface area contributed by atoms with Crippen molar-refractivity contribution in [1.29, 1.82) is 0 Å². The zero-order valence-electron chi connectivity index (χ0n) is 19.2. The van der Waals surface area contributed by atoms with Gasteiger partial charge in [-0.3, -0.25) is 14.6 Å². The largest absolute Gasteiger partial charge is 0.455 e. The smallest absolute Gasteiger partial charge is 0.347 e. The molecule has 34 heavy (non-hydrogen) atoms. The minimum absolute atomic E-state index is 0. The first-order chi connectivity index (χ1) is 15.4. The van der Waals surface area contributed by atoms with Crippen LogP contribution in [0.3, 0.4) is 0 Å². The van der Waals surface area contributed by atoms with Gasteiger partial charge in [0, 0.05) is 49.4 Å². The summed E-state index contributed by atoms with van der Waals surface area (Å²) in [4.78, 5) is 31.1. The van der Waals surface area contributed by atoms with E-state index in [0.717, 1.165) is 38.2 Å². The molecule has 0 aliphatic carbocycles. The van der Waals surface area contributed by atoms with Gasteiger partial charge in [-0.1, -0.05) is 11.6 Å². The van der Waals surface area contributed by atoms with Crippen LogP contribution in [0.25, 0.3) is 11.3 Å². The van der Waals surface area contributed by atoms with Gasteiger partial charge < -0.3 is 9.32 Å². The molecule has 0 saturated carbocycles. The predicted octanol–water partition coefficient (Wildman–Crippen LogP) is 4.07. The van der Waals surface area contributed by atoms with Gasteiger partial charge >= 0.3 is 6.03 Å². The molecule has 1 unspecified atom stereocenters. The maximum atomic E-state index is 12.7. The molecule has 0 spiro atoms. The second-order valence-corrected chi connectivity index (χ2v) is 8.75. The summed E-state index contributed by atoms with van der Waals surface area (Å²) >= 11 is 5.92. The number of nitrogens with zero attached hydrogens (tertiary/aromatic N) is 5. The number of halogens is 3. The van der Waals surface area contributed by atoms with Crippen LogP contribution in [0.5, 0.6) is 0 Å². The lowest BCUT2D eigenvalue weighted by molar-refractivity contribution is -0.125. The number of amides is 3. The standard InChI is InChI=1S/C23H28ClN5O3.2ClH/c1-17(27-13-11-26(2)12-14-27)9-10-28-22(30)16-29(23(28)31)25-15-20-7-8-21(32-20)18-3-5-19(24)6-4-18;;/h3-8,15,17H,9-14,16H2,1-2H3;2*1H. The van der Waals surface area contributed by atoms with Crippen molar-refractivity contribution >= 4 is 54.6 Å². The molecule has 1 atom stereocenters. The summed E-state index contributed by atoms with van der Waals surface area (Å²) in [6, 6.07) is 10.8. The fourth-order valence-electron chi connectivity index (χ4n) is 3.92. The Morgan fingerprint density at radius 1 is 1.06 bits per heavy atom. The molecule has 11 heteroatoms. The number of benzene rings is 1. The van der Waals surface area contributed by atoms with E-state index in [0.29, 0.717) is 29.1 Å². The molecular formula is C23H30Cl3N5O3. The van der Waals surface area contributed by atoms with E-state index in [1.807, 2.05) is 18.2 Å². The third-order valence-corrected chi connectivity index (χ3v) is 6.30. The van der Waals surface area contributed by atoms with Crippen LogP contribution in [0.1, 0.15) is 19.1 Å². The number of hydrazone groups is 1. The molecule has 2 fully saturated rings. The Labute approximate surface area is 217 Å². The topological polar surface area (TPSA) is 72.6 Å². The van der Waals surface area contributed by atoms with Crippen LogP contribution in [0.15, 0.2) is 45.9 Å². The van der Waals surface area contributed by atoms with E-state index in [-0.39, 0.29) is 43.3 Å². The van der Waals surface area contributed by atoms with E-state index in [2.05, 4.69) is 28.9 Å². The Balaban J connectivity index is 0.00000204. The normalized spacial score (nSPS) is 18.3. The van der Waals surface area contributed by atoms with Gasteiger partial charge in [0.1, 0.15) is 18.1 Å². The van der Waals surface area contributed by atoms with Crippen molar-refractivity contribution < 1.29 is 14.0 Å². The number of likely N-dealkylation sites (N-methyl/N-ethyl adjacent to an activating group) is 1. The quantitative estimate of drug-likeness (QED) is 0.399. The van der Waals surface area contributed by atoms with Gasteiger partial charge in [0.15, 0.2) is 0 Å². The number of furan rings is 1. The number of carbonyl (C=O) groups excluding carboxylic acids is 2. The van der Waals surface area contributed by atoms with Crippen LogP contribution in [-0.4, -0.2) is 90.2 Å².